The third-order valence-electron chi connectivity index (χ3n) is 6.20. The summed E-state index contributed by atoms with van der Waals surface area (Å²) in [5.74, 6) is 0. The topological polar surface area (TPSA) is 60.9 Å². The average molecular weight is 491 g/mol. The van der Waals surface area contributed by atoms with E-state index in [1.807, 2.05) is 48.5 Å². The molecule has 0 saturated carbocycles. The Labute approximate surface area is 223 Å². The van der Waals surface area contributed by atoms with Crippen molar-refractivity contribution in [2.24, 2.45) is 0 Å². The standard InChI is InChI=1S/C26H31N2O3S.CH4.Na/c1-5-27(6-2)22-16-12-20(13-17-22)24-10-9-11-25(32(29,30)31)26(24)21-14-18-23(19-15-21)28(7-3)8-4;;/h9-10,12-19H,5-8H2,1-4H3,(H,29,30,31);1H4;. The minimum atomic E-state index is -4.39. The van der Waals surface area contributed by atoms with E-state index in [2.05, 4.69) is 49.6 Å². The van der Waals surface area contributed by atoms with Gasteiger partial charge in [0.05, 0.1) is 0 Å². The quantitative estimate of drug-likeness (QED) is 0.322. The van der Waals surface area contributed by atoms with Crippen LogP contribution in [-0.4, -0.2) is 67.1 Å². The summed E-state index contributed by atoms with van der Waals surface area (Å²) in [7, 11) is -4.39. The van der Waals surface area contributed by atoms with Gasteiger partial charge in [-0.1, -0.05) is 7.43 Å². The zero-order valence-electron chi connectivity index (χ0n) is 20.2. The van der Waals surface area contributed by atoms with E-state index >= 15 is 0 Å². The van der Waals surface area contributed by atoms with Crippen molar-refractivity contribution >= 4 is 52.2 Å². The molecule has 0 aromatic heterocycles. The van der Waals surface area contributed by atoms with Gasteiger partial charge in [-0.15, -0.1) is 0 Å². The molecule has 0 aliphatic carbocycles. The molecule has 7 heteroatoms. The van der Waals surface area contributed by atoms with E-state index in [0.717, 1.165) is 54.2 Å². The minimum absolute atomic E-state index is 0. The first-order valence-electron chi connectivity index (χ1n) is 11.6. The first-order chi connectivity index (χ1) is 15.7. The second kappa shape index (κ2) is 12.2. The van der Waals surface area contributed by atoms with Crippen molar-refractivity contribution in [1.29, 1.82) is 0 Å². The van der Waals surface area contributed by atoms with Crippen LogP contribution in [0, 0.1) is 0 Å². The molecule has 0 heterocycles. The predicted molar refractivity (Wildman–Crippen MR) is 146 cm³/mol. The van der Waals surface area contributed by atoms with Gasteiger partial charge in [0, 0.05) is 0 Å². The Hall–Kier alpha value is -1.83. The first-order valence-corrected chi connectivity index (χ1v) is 14.0. The van der Waals surface area contributed by atoms with Gasteiger partial charge in [0.1, 0.15) is 0 Å². The normalized spacial score (nSPS) is 11.1. The van der Waals surface area contributed by atoms with Gasteiger partial charge in [0.2, 0.25) is 0 Å². The van der Waals surface area contributed by atoms with Crippen LogP contribution in [0.15, 0.2) is 65.6 Å². The van der Waals surface area contributed by atoms with Gasteiger partial charge in [-0.3, -0.25) is 0 Å². The third kappa shape index (κ3) is 6.04. The molecule has 1 N–H and O–H groups in total. The number of nitrogens with zero attached hydrogens (tertiary/aromatic N) is 2. The van der Waals surface area contributed by atoms with Crippen molar-refractivity contribution in [3.8, 4) is 22.3 Å². The zero-order chi connectivity index (χ0) is 24.2. The Balaban J connectivity index is 0.00000408. The van der Waals surface area contributed by atoms with Crippen molar-refractivity contribution in [3.05, 3.63) is 60.7 Å². The van der Waals surface area contributed by atoms with Crippen LogP contribution < -0.4 is 12.6 Å². The fourth-order valence-electron chi connectivity index (χ4n) is 4.41. The van der Waals surface area contributed by atoms with Crippen molar-refractivity contribution < 1.29 is 13.0 Å². The summed E-state index contributed by atoms with van der Waals surface area (Å²) in [6, 6.07) is 19.9. The number of rotatable bonds is 9. The monoisotopic (exact) mass is 490 g/mol. The molecule has 34 heavy (non-hydrogen) atoms. The molecule has 0 fully saturated rings. The molecule has 5 nitrogen and oxygen atoms in total. The van der Waals surface area contributed by atoms with Crippen LogP contribution in [0.2, 0.25) is 0 Å². The van der Waals surface area contributed by atoms with E-state index in [4.69, 9.17) is 0 Å². The molecule has 3 aromatic carbocycles. The summed E-state index contributed by atoms with van der Waals surface area (Å²) in [6.45, 7) is 12.1. The molecule has 178 valence electrons. The predicted octanol–water partition coefficient (Wildman–Crippen LogP) is 5.39. The van der Waals surface area contributed by atoms with Crippen molar-refractivity contribution in [1.82, 2.24) is 0 Å². The van der Waals surface area contributed by atoms with Crippen LogP contribution in [0.4, 0.5) is 11.4 Å². The van der Waals surface area contributed by atoms with Crippen LogP contribution in [0.5, 0.6) is 0 Å². The van der Waals surface area contributed by atoms with Crippen LogP contribution in [-0.2, 0) is 10.1 Å². The molecule has 0 bridgehead atoms. The number of anilines is 2. The third-order valence-corrected chi connectivity index (χ3v) is 8.44. The summed E-state index contributed by atoms with van der Waals surface area (Å²) >= 11 is 0.505. The van der Waals surface area contributed by atoms with E-state index in [1.165, 1.54) is 0 Å². The molecule has 0 aliphatic rings. The van der Waals surface area contributed by atoms with Crippen LogP contribution in [0.3, 0.4) is 0 Å². The van der Waals surface area contributed by atoms with Gasteiger partial charge in [-0.2, -0.15) is 0 Å². The summed E-state index contributed by atoms with van der Waals surface area (Å²) < 4.78 is 35.8. The molecule has 0 amide bonds. The Morgan fingerprint density at radius 1 is 0.706 bits per heavy atom. The van der Waals surface area contributed by atoms with E-state index in [9.17, 15) is 13.0 Å². The second-order valence-electron chi connectivity index (χ2n) is 8.05. The van der Waals surface area contributed by atoms with Gasteiger partial charge in [0.25, 0.3) is 0 Å². The van der Waals surface area contributed by atoms with Gasteiger partial charge in [-0.25, -0.2) is 0 Å². The van der Waals surface area contributed by atoms with E-state index in [0.29, 0.717) is 36.3 Å². The van der Waals surface area contributed by atoms with E-state index in [-0.39, 0.29) is 12.3 Å². The molecule has 0 spiro atoms. The van der Waals surface area contributed by atoms with Gasteiger partial charge >= 0.3 is 217 Å². The van der Waals surface area contributed by atoms with E-state index in [1.54, 1.807) is 0 Å². The molecular weight excluding hydrogens is 455 g/mol. The molecule has 0 aliphatic heterocycles. The Morgan fingerprint density at radius 2 is 1.12 bits per heavy atom. The van der Waals surface area contributed by atoms with Crippen LogP contribution in [0.25, 0.3) is 22.3 Å². The molecule has 0 saturated heterocycles. The average Bonchev–Trinajstić information content (AvgIpc) is 2.81. The molecule has 3 rings (SSSR count). The summed E-state index contributed by atoms with van der Waals surface area (Å²) in [6.07, 6.45) is 0. The number of hydrogen-bond donors (Lipinski definition) is 1. The Kier molecular flexibility index (Phi) is 10.2. The zero-order valence-corrected chi connectivity index (χ0v) is 23.0. The summed E-state index contributed by atoms with van der Waals surface area (Å²) in [5, 5.41) is 0. The van der Waals surface area contributed by atoms with Crippen molar-refractivity contribution in [3.63, 3.8) is 0 Å². The Bertz CT molecular complexity index is 1190. The van der Waals surface area contributed by atoms with Crippen molar-refractivity contribution in [2.75, 3.05) is 36.0 Å². The molecule has 0 atom stereocenters. The maximum absolute atomic E-state index is 12.5. The van der Waals surface area contributed by atoms with Crippen LogP contribution >= 0.6 is 0 Å². The van der Waals surface area contributed by atoms with Gasteiger partial charge in [0.15, 0.2) is 0 Å². The van der Waals surface area contributed by atoms with Crippen LogP contribution in [0.1, 0.15) is 35.1 Å². The number of hydrogen-bond acceptors (Lipinski definition) is 4. The maximum atomic E-state index is 12.5. The summed E-state index contributed by atoms with van der Waals surface area (Å²) in [4.78, 5) is 4.53. The van der Waals surface area contributed by atoms with Gasteiger partial charge < -0.3 is 0 Å². The second-order valence-corrected chi connectivity index (χ2v) is 10.5. The van der Waals surface area contributed by atoms with Crippen molar-refractivity contribution in [2.45, 2.75) is 40.0 Å². The molecular formula is C27H35N2NaO3S. The Morgan fingerprint density at radius 3 is 1.50 bits per heavy atom. The van der Waals surface area contributed by atoms with E-state index < -0.39 is 10.1 Å². The SMILES string of the molecule is C.CCN(CC)c1ccc(-c2cc[c]([Na])c(S(=O)(=O)O)c2-c2ccc(N(CC)CC)cc2)cc1. The fraction of sp³-hybridized carbons (Fsp3) is 0.333. The molecule has 0 radical (unpaired) electrons. The number of benzene rings is 3. The fourth-order valence-corrected chi connectivity index (χ4v) is 6.57. The van der Waals surface area contributed by atoms with Gasteiger partial charge in [-0.05, 0) is 0 Å². The first kappa shape index (κ1) is 28.4. The molecule has 3 aromatic rings. The molecule has 0 unspecified atom stereocenters. The summed E-state index contributed by atoms with van der Waals surface area (Å²) in [5.41, 5.74) is 5.27.